The highest BCUT2D eigenvalue weighted by molar-refractivity contribution is 5.94. The monoisotopic (exact) mass is 321 g/mol. The van der Waals surface area contributed by atoms with E-state index in [0.717, 1.165) is 48.6 Å². The van der Waals surface area contributed by atoms with Crippen LogP contribution in [0.1, 0.15) is 37.5 Å². The molecule has 0 radical (unpaired) electrons. The summed E-state index contributed by atoms with van der Waals surface area (Å²) in [7, 11) is 0. The minimum atomic E-state index is 0. The van der Waals surface area contributed by atoms with E-state index in [-0.39, 0.29) is 24.2 Å². The van der Waals surface area contributed by atoms with Crippen molar-refractivity contribution in [1.29, 1.82) is 0 Å². The van der Waals surface area contributed by atoms with Crippen molar-refractivity contribution in [3.05, 3.63) is 24.1 Å². The minimum absolute atomic E-state index is 0. The molecule has 1 aromatic heterocycles. The number of fused-ring (bicyclic) bond motifs is 1. The van der Waals surface area contributed by atoms with Gasteiger partial charge in [0.25, 0.3) is 0 Å². The third-order valence-corrected chi connectivity index (χ3v) is 4.31. The SMILES string of the molecule is Cl.O=C(Nc1ccc2nc(C3CC3)oc2c1)C1CCNCC1. The van der Waals surface area contributed by atoms with Crippen LogP contribution in [0.3, 0.4) is 0 Å². The van der Waals surface area contributed by atoms with Crippen LogP contribution in [-0.2, 0) is 4.79 Å². The molecular weight excluding hydrogens is 302 g/mol. The number of nitrogens with one attached hydrogen (secondary N) is 2. The van der Waals surface area contributed by atoms with E-state index in [2.05, 4.69) is 15.6 Å². The molecule has 5 nitrogen and oxygen atoms in total. The lowest BCUT2D eigenvalue weighted by molar-refractivity contribution is -0.120. The van der Waals surface area contributed by atoms with E-state index < -0.39 is 0 Å². The number of hydrogen-bond acceptors (Lipinski definition) is 4. The molecule has 2 aromatic rings. The second-order valence-corrected chi connectivity index (χ2v) is 6.02. The molecule has 1 aromatic carbocycles. The first-order chi connectivity index (χ1) is 10.3. The summed E-state index contributed by atoms with van der Waals surface area (Å²) in [5.41, 5.74) is 2.43. The van der Waals surface area contributed by atoms with Crippen LogP contribution in [0.4, 0.5) is 5.69 Å². The summed E-state index contributed by atoms with van der Waals surface area (Å²) < 4.78 is 5.79. The maximum Gasteiger partial charge on any atom is 0.227 e. The predicted molar refractivity (Wildman–Crippen MR) is 87.5 cm³/mol. The van der Waals surface area contributed by atoms with Gasteiger partial charge in [0, 0.05) is 23.6 Å². The normalized spacial score (nSPS) is 18.9. The van der Waals surface area contributed by atoms with Gasteiger partial charge in [-0.25, -0.2) is 4.98 Å². The second kappa shape index (κ2) is 6.26. The van der Waals surface area contributed by atoms with Crippen LogP contribution in [-0.4, -0.2) is 24.0 Å². The van der Waals surface area contributed by atoms with Crippen molar-refractivity contribution in [3.8, 4) is 0 Å². The van der Waals surface area contributed by atoms with Crippen molar-refractivity contribution in [2.24, 2.45) is 5.92 Å². The molecule has 1 saturated heterocycles. The van der Waals surface area contributed by atoms with Gasteiger partial charge in [-0.2, -0.15) is 0 Å². The molecular formula is C16H20ClN3O2. The fourth-order valence-electron chi connectivity index (χ4n) is 2.85. The Balaban J connectivity index is 0.00000144. The summed E-state index contributed by atoms with van der Waals surface area (Å²) in [5, 5.41) is 6.28. The van der Waals surface area contributed by atoms with Gasteiger partial charge in [0.15, 0.2) is 11.5 Å². The van der Waals surface area contributed by atoms with E-state index in [1.54, 1.807) is 0 Å². The first-order valence-corrected chi connectivity index (χ1v) is 7.72. The summed E-state index contributed by atoms with van der Waals surface area (Å²) in [6, 6.07) is 5.70. The van der Waals surface area contributed by atoms with Crippen molar-refractivity contribution in [2.45, 2.75) is 31.6 Å². The number of benzene rings is 1. The van der Waals surface area contributed by atoms with E-state index in [0.29, 0.717) is 5.92 Å². The summed E-state index contributed by atoms with van der Waals surface area (Å²) in [6.07, 6.45) is 4.16. The lowest BCUT2D eigenvalue weighted by atomic mass is 9.97. The van der Waals surface area contributed by atoms with Crippen molar-refractivity contribution in [2.75, 3.05) is 18.4 Å². The number of anilines is 1. The number of carbonyl (C=O) groups is 1. The molecule has 2 fully saturated rings. The van der Waals surface area contributed by atoms with E-state index in [1.165, 1.54) is 12.8 Å². The maximum absolute atomic E-state index is 12.2. The molecule has 4 rings (SSSR count). The Labute approximate surface area is 135 Å². The van der Waals surface area contributed by atoms with E-state index in [4.69, 9.17) is 4.42 Å². The molecule has 0 unspecified atom stereocenters. The van der Waals surface area contributed by atoms with Crippen molar-refractivity contribution in [3.63, 3.8) is 0 Å². The van der Waals surface area contributed by atoms with Crippen LogP contribution in [0, 0.1) is 5.92 Å². The summed E-state index contributed by atoms with van der Waals surface area (Å²) in [6.45, 7) is 1.84. The standard InChI is InChI=1S/C16H19N3O2.ClH/c20-15(10-5-7-17-8-6-10)18-12-3-4-13-14(9-12)21-16(19-13)11-1-2-11;/h3-4,9-11,17H,1-2,5-8H2,(H,18,20);1H. The fraction of sp³-hybridized carbons (Fsp3) is 0.500. The van der Waals surface area contributed by atoms with Gasteiger partial charge in [-0.05, 0) is 50.9 Å². The number of oxazole rings is 1. The Morgan fingerprint density at radius 1 is 1.23 bits per heavy atom. The van der Waals surface area contributed by atoms with E-state index in [9.17, 15) is 4.79 Å². The van der Waals surface area contributed by atoms with Crippen LogP contribution < -0.4 is 10.6 Å². The smallest absolute Gasteiger partial charge is 0.227 e. The second-order valence-electron chi connectivity index (χ2n) is 6.02. The number of aromatic nitrogens is 1. The highest BCUT2D eigenvalue weighted by atomic mass is 35.5. The van der Waals surface area contributed by atoms with Crippen LogP contribution in [0.15, 0.2) is 22.6 Å². The fourth-order valence-corrected chi connectivity index (χ4v) is 2.85. The molecule has 2 aliphatic rings. The molecule has 1 aliphatic carbocycles. The first-order valence-electron chi connectivity index (χ1n) is 7.72. The van der Waals surface area contributed by atoms with Gasteiger partial charge in [-0.15, -0.1) is 12.4 Å². The van der Waals surface area contributed by atoms with Crippen LogP contribution in [0.5, 0.6) is 0 Å². The van der Waals surface area contributed by atoms with Gasteiger partial charge in [-0.1, -0.05) is 0 Å². The number of rotatable bonds is 3. The average molecular weight is 322 g/mol. The van der Waals surface area contributed by atoms with Crippen molar-refractivity contribution >= 4 is 35.1 Å². The molecule has 1 aliphatic heterocycles. The highest BCUT2D eigenvalue weighted by Crippen LogP contribution is 2.40. The lowest BCUT2D eigenvalue weighted by Gasteiger charge is -2.21. The number of nitrogens with zero attached hydrogens (tertiary/aromatic N) is 1. The molecule has 0 bridgehead atoms. The minimum Gasteiger partial charge on any atom is -0.440 e. The number of hydrogen-bond donors (Lipinski definition) is 2. The molecule has 0 spiro atoms. The quantitative estimate of drug-likeness (QED) is 0.911. The summed E-state index contributed by atoms with van der Waals surface area (Å²) in [5.74, 6) is 1.56. The van der Waals surface area contributed by atoms with Crippen molar-refractivity contribution < 1.29 is 9.21 Å². The van der Waals surface area contributed by atoms with Gasteiger partial charge >= 0.3 is 0 Å². The molecule has 1 saturated carbocycles. The Morgan fingerprint density at radius 3 is 2.73 bits per heavy atom. The van der Waals surface area contributed by atoms with Crippen LogP contribution >= 0.6 is 12.4 Å². The predicted octanol–water partition coefficient (Wildman–Crippen LogP) is 3.07. The highest BCUT2D eigenvalue weighted by Gasteiger charge is 2.29. The Kier molecular flexibility index (Phi) is 4.36. The first kappa shape index (κ1) is 15.3. The van der Waals surface area contributed by atoms with Crippen molar-refractivity contribution in [1.82, 2.24) is 10.3 Å². The summed E-state index contributed by atoms with van der Waals surface area (Å²) >= 11 is 0. The molecule has 1 amide bonds. The number of piperidine rings is 1. The topological polar surface area (TPSA) is 67.2 Å². The van der Waals surface area contributed by atoms with E-state index in [1.807, 2.05) is 18.2 Å². The molecule has 2 N–H and O–H groups in total. The Bertz CT molecular complexity index is 675. The molecule has 2 heterocycles. The third-order valence-electron chi connectivity index (χ3n) is 4.31. The number of halogens is 1. The van der Waals surface area contributed by atoms with Gasteiger partial charge < -0.3 is 15.1 Å². The summed E-state index contributed by atoms with van der Waals surface area (Å²) in [4.78, 5) is 16.7. The number of amides is 1. The number of carbonyl (C=O) groups excluding carboxylic acids is 1. The van der Waals surface area contributed by atoms with Gasteiger partial charge in [0.2, 0.25) is 5.91 Å². The average Bonchev–Trinajstić information content (AvgIpc) is 3.28. The van der Waals surface area contributed by atoms with Crippen LogP contribution in [0.25, 0.3) is 11.1 Å². The molecule has 118 valence electrons. The van der Waals surface area contributed by atoms with E-state index >= 15 is 0 Å². The molecule has 0 atom stereocenters. The van der Waals surface area contributed by atoms with Gasteiger partial charge in [0.1, 0.15) is 5.52 Å². The lowest BCUT2D eigenvalue weighted by Crippen LogP contribution is -2.34. The maximum atomic E-state index is 12.2. The van der Waals surface area contributed by atoms with Gasteiger partial charge in [-0.3, -0.25) is 4.79 Å². The Morgan fingerprint density at radius 2 is 2.00 bits per heavy atom. The Hall–Kier alpha value is -1.59. The van der Waals surface area contributed by atoms with Gasteiger partial charge in [0.05, 0.1) is 0 Å². The zero-order valence-electron chi connectivity index (χ0n) is 12.3. The zero-order chi connectivity index (χ0) is 14.2. The molecule has 6 heteroatoms. The largest absolute Gasteiger partial charge is 0.440 e. The zero-order valence-corrected chi connectivity index (χ0v) is 13.1. The van der Waals surface area contributed by atoms with Crippen LogP contribution in [0.2, 0.25) is 0 Å². The molecule has 22 heavy (non-hydrogen) atoms. The third kappa shape index (κ3) is 3.10.